The zero-order valence-electron chi connectivity index (χ0n) is 10.8. The number of carboxylic acids is 1. The highest BCUT2D eigenvalue weighted by molar-refractivity contribution is 9.10. The first-order chi connectivity index (χ1) is 9.99. The molecule has 1 atom stereocenters. The predicted octanol–water partition coefficient (Wildman–Crippen LogP) is 1.98. The van der Waals surface area contributed by atoms with Gasteiger partial charge in [0, 0.05) is 17.2 Å². The molecule has 21 heavy (non-hydrogen) atoms. The summed E-state index contributed by atoms with van der Waals surface area (Å²) >= 11 is 3.31. The van der Waals surface area contributed by atoms with Gasteiger partial charge in [-0.2, -0.15) is 0 Å². The van der Waals surface area contributed by atoms with Crippen LogP contribution in [0, 0.1) is 0 Å². The van der Waals surface area contributed by atoms with E-state index in [9.17, 15) is 14.7 Å². The summed E-state index contributed by atoms with van der Waals surface area (Å²) in [6.45, 7) is 0.0835. The number of hydrogen-bond donors (Lipinski definition) is 4. The Hall–Kier alpha value is -2.12. The fourth-order valence-corrected chi connectivity index (χ4v) is 2.29. The zero-order chi connectivity index (χ0) is 15.4. The molecule has 7 heteroatoms. The van der Waals surface area contributed by atoms with Gasteiger partial charge in [0.2, 0.25) is 0 Å². The van der Waals surface area contributed by atoms with E-state index in [0.717, 1.165) is 4.47 Å². The molecule has 110 valence electrons. The van der Waals surface area contributed by atoms with Crippen molar-refractivity contribution in [1.82, 2.24) is 4.98 Å². The number of benzene rings is 1. The molecule has 2 rings (SSSR count). The Labute approximate surface area is 128 Å². The maximum absolute atomic E-state index is 11.5. The van der Waals surface area contributed by atoms with E-state index < -0.39 is 17.6 Å². The van der Waals surface area contributed by atoms with E-state index in [4.69, 9.17) is 5.11 Å². The molecule has 0 spiro atoms. The number of carboxylic acid groups (broad SMARTS) is 1. The molecule has 1 heterocycles. The molecule has 1 aromatic heterocycles. The summed E-state index contributed by atoms with van der Waals surface area (Å²) in [6, 6.07) is 8.59. The van der Waals surface area contributed by atoms with Gasteiger partial charge in [0.1, 0.15) is 5.56 Å². The van der Waals surface area contributed by atoms with E-state index in [1.165, 1.54) is 12.3 Å². The molecule has 0 saturated heterocycles. The molecule has 6 nitrogen and oxygen atoms in total. The maximum Gasteiger partial charge on any atom is 0.343 e. The first-order valence-corrected chi connectivity index (χ1v) is 6.90. The first kappa shape index (κ1) is 15.3. The van der Waals surface area contributed by atoms with Crippen molar-refractivity contribution in [3.05, 3.63) is 62.5 Å². The highest BCUT2D eigenvalue weighted by atomic mass is 79.9. The van der Waals surface area contributed by atoms with E-state index in [2.05, 4.69) is 26.2 Å². The van der Waals surface area contributed by atoms with Crippen LogP contribution in [0.25, 0.3) is 0 Å². The van der Waals surface area contributed by atoms with Gasteiger partial charge in [-0.3, -0.25) is 4.79 Å². The minimum Gasteiger partial charge on any atom is -0.477 e. The molecular formula is C14H13BrN2O4. The molecule has 0 fully saturated rings. The molecule has 0 radical (unpaired) electrons. The van der Waals surface area contributed by atoms with Gasteiger partial charge < -0.3 is 20.5 Å². The number of aromatic carboxylic acids is 1. The zero-order valence-corrected chi connectivity index (χ0v) is 12.4. The second-order valence-electron chi connectivity index (χ2n) is 4.35. The normalized spacial score (nSPS) is 11.9. The lowest BCUT2D eigenvalue weighted by molar-refractivity contribution is 0.0696. The largest absolute Gasteiger partial charge is 0.477 e. The van der Waals surface area contributed by atoms with Crippen LogP contribution in [-0.4, -0.2) is 27.7 Å². The lowest BCUT2D eigenvalue weighted by Crippen LogP contribution is -2.21. The standard InChI is InChI=1S/C14H13BrN2O4/c15-9-3-1-2-8(6-9)11(18)7-17-10-4-5-16-13(19)12(10)14(20)21/h1-6,11,18H,7H2,(H,20,21)(H2,16,17,19). The van der Waals surface area contributed by atoms with Crippen LogP contribution >= 0.6 is 15.9 Å². The van der Waals surface area contributed by atoms with Crippen LogP contribution < -0.4 is 10.9 Å². The van der Waals surface area contributed by atoms with Crippen LogP contribution in [0.15, 0.2) is 45.8 Å². The van der Waals surface area contributed by atoms with E-state index in [1.807, 2.05) is 6.07 Å². The number of nitrogens with one attached hydrogen (secondary N) is 2. The Balaban J connectivity index is 2.15. The molecule has 0 bridgehead atoms. The minimum atomic E-state index is -1.32. The van der Waals surface area contributed by atoms with Crippen molar-refractivity contribution in [2.45, 2.75) is 6.10 Å². The van der Waals surface area contributed by atoms with Crippen molar-refractivity contribution >= 4 is 27.6 Å². The van der Waals surface area contributed by atoms with Crippen LogP contribution in [0.1, 0.15) is 22.0 Å². The molecular weight excluding hydrogens is 340 g/mol. The van der Waals surface area contributed by atoms with Crippen molar-refractivity contribution in [3.63, 3.8) is 0 Å². The van der Waals surface area contributed by atoms with Crippen molar-refractivity contribution in [2.75, 3.05) is 11.9 Å². The molecule has 0 aliphatic rings. The molecule has 0 saturated carbocycles. The summed E-state index contributed by atoms with van der Waals surface area (Å²) in [5.41, 5.74) is -0.220. The van der Waals surface area contributed by atoms with E-state index in [-0.39, 0.29) is 17.8 Å². The lowest BCUT2D eigenvalue weighted by Gasteiger charge is -2.14. The first-order valence-electron chi connectivity index (χ1n) is 6.11. The van der Waals surface area contributed by atoms with Gasteiger partial charge in [-0.05, 0) is 23.8 Å². The van der Waals surface area contributed by atoms with E-state index in [0.29, 0.717) is 5.56 Å². The van der Waals surface area contributed by atoms with Gasteiger partial charge in [-0.25, -0.2) is 4.79 Å². The summed E-state index contributed by atoms with van der Waals surface area (Å²) in [6.07, 6.45) is 0.520. The van der Waals surface area contributed by atoms with Gasteiger partial charge in [-0.1, -0.05) is 28.1 Å². The van der Waals surface area contributed by atoms with Crippen LogP contribution in [0.3, 0.4) is 0 Å². The summed E-state index contributed by atoms with van der Waals surface area (Å²) in [5.74, 6) is -1.32. The smallest absolute Gasteiger partial charge is 0.343 e. The number of aliphatic hydroxyl groups excluding tert-OH is 1. The third-order valence-corrected chi connectivity index (χ3v) is 3.39. The van der Waals surface area contributed by atoms with Gasteiger partial charge in [0.25, 0.3) is 5.56 Å². The van der Waals surface area contributed by atoms with Crippen LogP contribution in [0.5, 0.6) is 0 Å². The van der Waals surface area contributed by atoms with Crippen molar-refractivity contribution in [3.8, 4) is 0 Å². The molecule has 0 amide bonds. The summed E-state index contributed by atoms with van der Waals surface area (Å²) in [4.78, 5) is 24.9. The highest BCUT2D eigenvalue weighted by Gasteiger charge is 2.15. The lowest BCUT2D eigenvalue weighted by atomic mass is 10.1. The Bertz CT molecular complexity index is 714. The molecule has 2 aromatic rings. The number of aromatic nitrogens is 1. The Morgan fingerprint density at radius 1 is 1.38 bits per heavy atom. The minimum absolute atomic E-state index is 0.0835. The Morgan fingerprint density at radius 3 is 2.81 bits per heavy atom. The van der Waals surface area contributed by atoms with E-state index in [1.54, 1.807) is 18.2 Å². The Morgan fingerprint density at radius 2 is 2.14 bits per heavy atom. The number of aliphatic hydroxyl groups is 1. The number of carbonyl (C=O) groups is 1. The third kappa shape index (κ3) is 3.71. The van der Waals surface area contributed by atoms with Gasteiger partial charge >= 0.3 is 5.97 Å². The second-order valence-corrected chi connectivity index (χ2v) is 5.27. The SMILES string of the molecule is O=C(O)c1c(NCC(O)c2cccc(Br)c2)cc[nH]c1=O. The Kier molecular flexibility index (Phi) is 4.77. The maximum atomic E-state index is 11.5. The number of hydrogen-bond acceptors (Lipinski definition) is 4. The summed E-state index contributed by atoms with van der Waals surface area (Å²) in [5, 5.41) is 21.9. The van der Waals surface area contributed by atoms with Crippen molar-refractivity contribution in [1.29, 1.82) is 0 Å². The number of anilines is 1. The molecule has 1 unspecified atom stereocenters. The molecule has 0 aliphatic carbocycles. The average molecular weight is 353 g/mol. The van der Waals surface area contributed by atoms with Crippen LogP contribution in [-0.2, 0) is 0 Å². The van der Waals surface area contributed by atoms with E-state index >= 15 is 0 Å². The number of H-pyrrole nitrogens is 1. The van der Waals surface area contributed by atoms with Gasteiger partial charge in [0.05, 0.1) is 11.8 Å². The number of halogens is 1. The predicted molar refractivity (Wildman–Crippen MR) is 81.6 cm³/mol. The van der Waals surface area contributed by atoms with Crippen molar-refractivity contribution < 1.29 is 15.0 Å². The quantitative estimate of drug-likeness (QED) is 0.658. The monoisotopic (exact) mass is 352 g/mol. The second kappa shape index (κ2) is 6.55. The fraction of sp³-hybridized carbons (Fsp3) is 0.143. The summed E-state index contributed by atoms with van der Waals surface area (Å²) in [7, 11) is 0. The third-order valence-electron chi connectivity index (χ3n) is 2.89. The number of pyridine rings is 1. The van der Waals surface area contributed by atoms with Crippen molar-refractivity contribution in [2.24, 2.45) is 0 Å². The van der Waals surface area contributed by atoms with Crippen LogP contribution in [0.2, 0.25) is 0 Å². The molecule has 0 aliphatic heterocycles. The van der Waals surface area contributed by atoms with Gasteiger partial charge in [-0.15, -0.1) is 0 Å². The number of rotatable bonds is 5. The van der Waals surface area contributed by atoms with Crippen LogP contribution in [0.4, 0.5) is 5.69 Å². The molecule has 4 N–H and O–H groups in total. The average Bonchev–Trinajstić information content (AvgIpc) is 2.44. The molecule has 1 aromatic carbocycles. The topological polar surface area (TPSA) is 102 Å². The fourth-order valence-electron chi connectivity index (χ4n) is 1.88. The summed E-state index contributed by atoms with van der Waals surface area (Å²) < 4.78 is 0.835. The van der Waals surface area contributed by atoms with Gasteiger partial charge in [0.15, 0.2) is 0 Å². The highest BCUT2D eigenvalue weighted by Crippen LogP contribution is 2.19. The number of aromatic amines is 1.